The van der Waals surface area contributed by atoms with Crippen LogP contribution in [-0.4, -0.2) is 32.1 Å². The molecule has 1 aromatic carbocycles. The molecule has 3 aromatic rings. The molecule has 0 N–H and O–H groups in total. The van der Waals surface area contributed by atoms with Gasteiger partial charge in [0.05, 0.1) is 18.8 Å². The topological polar surface area (TPSA) is 60.2 Å². The molecule has 0 spiro atoms. The van der Waals surface area contributed by atoms with Crippen molar-refractivity contribution in [1.29, 1.82) is 0 Å². The van der Waals surface area contributed by atoms with Crippen LogP contribution in [-0.2, 0) is 16.1 Å². The minimum Gasteiger partial charge on any atom is -0.304 e. The number of nitrogens with zero attached hydrogens (tertiary/aromatic N) is 4. The van der Waals surface area contributed by atoms with Gasteiger partial charge in [-0.1, -0.05) is 0 Å². The predicted molar refractivity (Wildman–Crippen MR) is 122 cm³/mol. The minimum absolute atomic E-state index is 0.0335. The zero-order valence-corrected chi connectivity index (χ0v) is 19.2. The lowest BCUT2D eigenvalue weighted by molar-refractivity contribution is -0.183. The van der Waals surface area contributed by atoms with E-state index in [2.05, 4.69) is 9.97 Å². The number of imidazole rings is 1. The van der Waals surface area contributed by atoms with E-state index < -0.39 is 5.82 Å². The van der Waals surface area contributed by atoms with Crippen molar-refractivity contribution >= 4 is 5.91 Å². The number of carbonyl (C=O) groups excluding carboxylic acids is 1. The number of hydrogen-bond donors (Lipinski definition) is 0. The van der Waals surface area contributed by atoms with Gasteiger partial charge >= 0.3 is 0 Å². The Labute approximate surface area is 197 Å². The van der Waals surface area contributed by atoms with Crippen LogP contribution in [0.5, 0.6) is 0 Å². The molecule has 2 aromatic heterocycles. The van der Waals surface area contributed by atoms with Crippen LogP contribution in [0.15, 0.2) is 49.1 Å². The Morgan fingerprint density at radius 1 is 1.06 bits per heavy atom. The second-order valence-electron chi connectivity index (χ2n) is 9.32. The highest BCUT2D eigenvalue weighted by Gasteiger charge is 2.37. The van der Waals surface area contributed by atoms with Gasteiger partial charge in [-0.05, 0) is 80.3 Å². The minimum atomic E-state index is -0.416. The van der Waals surface area contributed by atoms with Gasteiger partial charge in [0.15, 0.2) is 0 Å². The molecule has 2 fully saturated rings. The van der Waals surface area contributed by atoms with Crippen LogP contribution in [0.2, 0.25) is 0 Å². The number of halogens is 2. The van der Waals surface area contributed by atoms with Crippen molar-refractivity contribution in [3.63, 3.8) is 0 Å². The van der Waals surface area contributed by atoms with Crippen molar-refractivity contribution in [2.75, 3.05) is 6.61 Å². The van der Waals surface area contributed by atoms with E-state index in [1.807, 2.05) is 23.8 Å². The monoisotopic (exact) mass is 466 g/mol. The third-order valence-corrected chi connectivity index (χ3v) is 7.00. The summed E-state index contributed by atoms with van der Waals surface area (Å²) in [6.45, 7) is 2.32. The maximum atomic E-state index is 14.3. The molecule has 5 rings (SSSR count). The molecule has 0 bridgehead atoms. The molecule has 3 heterocycles. The second-order valence-corrected chi connectivity index (χ2v) is 9.32. The fourth-order valence-electron chi connectivity index (χ4n) is 5.27. The average Bonchev–Trinajstić information content (AvgIpc) is 3.48. The van der Waals surface area contributed by atoms with E-state index in [1.165, 1.54) is 17.2 Å². The first-order valence-corrected chi connectivity index (χ1v) is 11.8. The number of hydroxylamine groups is 2. The molecule has 1 saturated heterocycles. The Morgan fingerprint density at radius 3 is 2.62 bits per heavy atom. The summed E-state index contributed by atoms with van der Waals surface area (Å²) in [7, 11) is 0. The van der Waals surface area contributed by atoms with E-state index in [1.54, 1.807) is 18.5 Å². The summed E-state index contributed by atoms with van der Waals surface area (Å²) in [6, 6.07) is 6.26. The summed E-state index contributed by atoms with van der Waals surface area (Å²) in [5.41, 5.74) is 2.40. The first-order valence-electron chi connectivity index (χ1n) is 11.8. The van der Waals surface area contributed by atoms with Crippen molar-refractivity contribution in [1.82, 2.24) is 19.6 Å². The largest absolute Gasteiger partial charge is 0.304 e. The molecule has 1 aliphatic carbocycles. The van der Waals surface area contributed by atoms with Gasteiger partial charge in [0.1, 0.15) is 17.5 Å². The standard InChI is InChI=1S/C26H28F2N4O2/c1-17-30-7-8-31(17)24-12-19(11-22(27)14-24)10-18-2-4-20(5-3-18)26(33)32-25(6-9-34-32)21-13-23(28)16-29-15-21/h7-8,11-16,18,20,25H,2-6,9-10H2,1H3. The average molecular weight is 467 g/mol. The van der Waals surface area contributed by atoms with Crippen molar-refractivity contribution < 1.29 is 18.4 Å². The van der Waals surface area contributed by atoms with E-state index in [0.29, 0.717) is 24.5 Å². The highest BCUT2D eigenvalue weighted by molar-refractivity contribution is 5.78. The highest BCUT2D eigenvalue weighted by atomic mass is 19.1. The zero-order valence-electron chi connectivity index (χ0n) is 19.2. The SMILES string of the molecule is Cc1nccn1-c1cc(F)cc(CC2CCC(C(=O)N3OCCC3c3cncc(F)c3)CC2)c1. The molecular weight excluding hydrogens is 438 g/mol. The van der Waals surface area contributed by atoms with Crippen LogP contribution >= 0.6 is 0 Å². The summed E-state index contributed by atoms with van der Waals surface area (Å²) >= 11 is 0. The predicted octanol–water partition coefficient (Wildman–Crippen LogP) is 5.11. The highest BCUT2D eigenvalue weighted by Crippen LogP contribution is 2.37. The number of rotatable bonds is 5. The van der Waals surface area contributed by atoms with Crippen molar-refractivity contribution in [3.8, 4) is 5.69 Å². The molecule has 6 nitrogen and oxygen atoms in total. The van der Waals surface area contributed by atoms with Gasteiger partial charge in [-0.3, -0.25) is 14.6 Å². The van der Waals surface area contributed by atoms with Crippen LogP contribution in [0.25, 0.3) is 5.69 Å². The van der Waals surface area contributed by atoms with Gasteiger partial charge in [-0.25, -0.2) is 18.8 Å². The normalized spacial score (nSPS) is 22.8. The van der Waals surface area contributed by atoms with E-state index in [0.717, 1.165) is 55.4 Å². The van der Waals surface area contributed by atoms with Gasteiger partial charge in [0, 0.05) is 36.6 Å². The van der Waals surface area contributed by atoms with Crippen LogP contribution in [0, 0.1) is 30.4 Å². The molecule has 178 valence electrons. The van der Waals surface area contributed by atoms with E-state index in [9.17, 15) is 13.6 Å². The van der Waals surface area contributed by atoms with Crippen molar-refractivity contribution in [2.24, 2.45) is 11.8 Å². The summed E-state index contributed by atoms with van der Waals surface area (Å²) < 4.78 is 29.8. The Morgan fingerprint density at radius 2 is 1.88 bits per heavy atom. The third-order valence-electron chi connectivity index (χ3n) is 7.00. The van der Waals surface area contributed by atoms with Crippen molar-refractivity contribution in [2.45, 2.75) is 51.5 Å². The zero-order chi connectivity index (χ0) is 23.7. The quantitative estimate of drug-likeness (QED) is 0.525. The number of hydrogen-bond acceptors (Lipinski definition) is 4. The van der Waals surface area contributed by atoms with Gasteiger partial charge in [0.2, 0.25) is 5.91 Å². The smallest absolute Gasteiger partial charge is 0.249 e. The Balaban J connectivity index is 1.21. The van der Waals surface area contributed by atoms with Gasteiger partial charge < -0.3 is 4.57 Å². The lowest BCUT2D eigenvalue weighted by Crippen LogP contribution is -2.36. The number of aryl methyl sites for hydroxylation is 1. The van der Waals surface area contributed by atoms with Crippen LogP contribution in [0.4, 0.5) is 8.78 Å². The van der Waals surface area contributed by atoms with Crippen molar-refractivity contribution in [3.05, 3.63) is 77.6 Å². The maximum Gasteiger partial charge on any atom is 0.249 e. The van der Waals surface area contributed by atoms with E-state index >= 15 is 0 Å². The number of carbonyl (C=O) groups is 1. The number of aromatic nitrogens is 3. The van der Waals surface area contributed by atoms with Gasteiger partial charge in [-0.15, -0.1) is 0 Å². The fourth-order valence-corrected chi connectivity index (χ4v) is 5.27. The molecule has 8 heteroatoms. The Hall–Kier alpha value is -3.13. The first-order chi connectivity index (χ1) is 16.5. The lowest BCUT2D eigenvalue weighted by Gasteiger charge is -2.32. The molecule has 1 amide bonds. The molecular formula is C26H28F2N4O2. The molecule has 0 radical (unpaired) electrons. The second kappa shape index (κ2) is 9.62. The van der Waals surface area contributed by atoms with Crippen LogP contribution in [0.3, 0.4) is 0 Å². The lowest BCUT2D eigenvalue weighted by atomic mass is 9.78. The number of amides is 1. The molecule has 2 aliphatic rings. The third kappa shape index (κ3) is 4.73. The summed E-state index contributed by atoms with van der Waals surface area (Å²) in [5.74, 6) is 0.385. The number of pyridine rings is 1. The molecule has 1 saturated carbocycles. The summed E-state index contributed by atoms with van der Waals surface area (Å²) in [5, 5.41) is 1.44. The van der Waals surface area contributed by atoms with E-state index in [4.69, 9.17) is 4.84 Å². The molecule has 1 atom stereocenters. The summed E-state index contributed by atoms with van der Waals surface area (Å²) in [4.78, 5) is 27.0. The Kier molecular flexibility index (Phi) is 6.41. The maximum absolute atomic E-state index is 14.3. The van der Waals surface area contributed by atoms with Gasteiger partial charge in [0.25, 0.3) is 0 Å². The number of benzene rings is 1. The molecule has 1 aliphatic heterocycles. The van der Waals surface area contributed by atoms with Crippen LogP contribution < -0.4 is 0 Å². The first kappa shape index (κ1) is 22.7. The molecule has 34 heavy (non-hydrogen) atoms. The fraction of sp³-hybridized carbons (Fsp3) is 0.423. The Bertz CT molecular complexity index is 1170. The summed E-state index contributed by atoms with van der Waals surface area (Å²) in [6.07, 6.45) is 11.0. The van der Waals surface area contributed by atoms with E-state index in [-0.39, 0.29) is 23.7 Å². The van der Waals surface area contributed by atoms with Crippen LogP contribution in [0.1, 0.15) is 55.1 Å². The molecule has 1 unspecified atom stereocenters. The van der Waals surface area contributed by atoms with Gasteiger partial charge in [-0.2, -0.15) is 0 Å².